The Balaban J connectivity index is 1.68. The van der Waals surface area contributed by atoms with Crippen molar-refractivity contribution in [3.8, 4) is 0 Å². The van der Waals surface area contributed by atoms with E-state index in [1.54, 1.807) is 19.0 Å². The number of nitrogens with zero attached hydrogens (tertiary/aromatic N) is 4. The smallest absolute Gasteiger partial charge is 0.316 e. The lowest BCUT2D eigenvalue weighted by atomic mass is 10.1. The number of benzene rings is 1. The highest BCUT2D eigenvalue weighted by atomic mass is 16.2. The van der Waals surface area contributed by atoms with E-state index in [-0.39, 0.29) is 12.1 Å². The summed E-state index contributed by atoms with van der Waals surface area (Å²) in [4.78, 5) is 15.8. The normalized spacial score (nSPS) is 17.4. The predicted molar refractivity (Wildman–Crippen MR) is 93.6 cm³/mol. The molecule has 128 valence electrons. The van der Waals surface area contributed by atoms with Gasteiger partial charge in [-0.1, -0.05) is 29.8 Å². The fraction of sp³-hybridized carbons (Fsp3) is 0.444. The number of aryl methyl sites for hydroxylation is 1. The van der Waals surface area contributed by atoms with Gasteiger partial charge < -0.3 is 10.2 Å². The maximum absolute atomic E-state index is 11.8. The van der Waals surface area contributed by atoms with Gasteiger partial charge in [-0.3, -0.25) is 9.58 Å². The van der Waals surface area contributed by atoms with Crippen LogP contribution in [0.5, 0.6) is 0 Å². The van der Waals surface area contributed by atoms with Gasteiger partial charge in [-0.15, -0.1) is 0 Å². The number of amides is 2. The summed E-state index contributed by atoms with van der Waals surface area (Å²) in [5.74, 6) is 0. The lowest BCUT2D eigenvalue weighted by Crippen LogP contribution is -2.44. The summed E-state index contributed by atoms with van der Waals surface area (Å²) in [6.45, 7) is 5.34. The van der Waals surface area contributed by atoms with E-state index in [2.05, 4.69) is 52.6 Å². The van der Waals surface area contributed by atoms with Crippen molar-refractivity contribution < 1.29 is 4.79 Å². The molecule has 0 saturated heterocycles. The number of nitrogens with one attached hydrogen (secondary N) is 1. The first-order chi connectivity index (χ1) is 11.5. The molecule has 1 aliphatic heterocycles. The highest BCUT2D eigenvalue weighted by molar-refractivity contribution is 5.73. The zero-order valence-electron chi connectivity index (χ0n) is 14.6. The topological polar surface area (TPSA) is 53.4 Å². The molecule has 0 fully saturated rings. The van der Waals surface area contributed by atoms with E-state index in [1.165, 1.54) is 16.8 Å². The van der Waals surface area contributed by atoms with Crippen molar-refractivity contribution in [2.75, 3.05) is 27.2 Å². The van der Waals surface area contributed by atoms with Crippen molar-refractivity contribution in [1.82, 2.24) is 24.9 Å². The average Bonchev–Trinajstić information content (AvgIpc) is 3.03. The fourth-order valence-electron chi connectivity index (χ4n) is 3.05. The molecule has 1 N–H and O–H groups in total. The van der Waals surface area contributed by atoms with Crippen LogP contribution in [-0.4, -0.2) is 52.8 Å². The number of aromatic nitrogens is 2. The molecule has 1 aliphatic rings. The SMILES string of the molecule is Cc1ccc(CN2Cc3ccnn3C(CNC(=O)N(C)C)C2)cc1. The van der Waals surface area contributed by atoms with Gasteiger partial charge in [-0.2, -0.15) is 5.10 Å². The van der Waals surface area contributed by atoms with Crippen molar-refractivity contribution in [3.63, 3.8) is 0 Å². The van der Waals surface area contributed by atoms with Crippen LogP contribution in [0.2, 0.25) is 0 Å². The number of hydrogen-bond donors (Lipinski definition) is 1. The molecule has 2 amide bonds. The first kappa shape index (κ1) is 16.5. The Labute approximate surface area is 143 Å². The number of rotatable bonds is 4. The molecular weight excluding hydrogens is 302 g/mol. The average molecular weight is 327 g/mol. The molecule has 1 aromatic carbocycles. The van der Waals surface area contributed by atoms with Crippen molar-refractivity contribution in [2.45, 2.75) is 26.1 Å². The monoisotopic (exact) mass is 327 g/mol. The summed E-state index contributed by atoms with van der Waals surface area (Å²) in [7, 11) is 3.50. The van der Waals surface area contributed by atoms with E-state index in [9.17, 15) is 4.79 Å². The standard InChI is InChI=1S/C18H25N5O/c1-14-4-6-15(7-5-14)11-22-12-16-8-9-20-23(16)17(13-22)10-19-18(24)21(2)3/h4-9,17H,10-13H2,1-3H3,(H,19,24). The van der Waals surface area contributed by atoms with Crippen LogP contribution in [0.1, 0.15) is 22.9 Å². The van der Waals surface area contributed by atoms with Crippen molar-refractivity contribution >= 4 is 6.03 Å². The molecule has 0 bridgehead atoms. The molecule has 6 heteroatoms. The minimum Gasteiger partial charge on any atom is -0.336 e. The third-order valence-electron chi connectivity index (χ3n) is 4.37. The summed E-state index contributed by atoms with van der Waals surface area (Å²) in [5.41, 5.74) is 3.78. The van der Waals surface area contributed by atoms with Gasteiger partial charge in [0.15, 0.2) is 0 Å². The van der Waals surface area contributed by atoms with Crippen LogP contribution < -0.4 is 5.32 Å². The second kappa shape index (κ2) is 7.05. The van der Waals surface area contributed by atoms with Gasteiger partial charge in [0, 0.05) is 46.5 Å². The molecule has 0 saturated carbocycles. The summed E-state index contributed by atoms with van der Waals surface area (Å²) in [5, 5.41) is 7.41. The number of hydrogen-bond acceptors (Lipinski definition) is 3. The zero-order valence-corrected chi connectivity index (χ0v) is 14.6. The van der Waals surface area contributed by atoms with E-state index in [1.807, 2.05) is 10.9 Å². The minimum atomic E-state index is -0.0700. The molecule has 2 heterocycles. The third kappa shape index (κ3) is 3.76. The first-order valence-electron chi connectivity index (χ1n) is 8.28. The van der Waals surface area contributed by atoms with Gasteiger partial charge in [0.05, 0.1) is 11.7 Å². The van der Waals surface area contributed by atoms with Crippen LogP contribution in [-0.2, 0) is 13.1 Å². The Kier molecular flexibility index (Phi) is 4.85. The fourth-order valence-corrected chi connectivity index (χ4v) is 3.05. The van der Waals surface area contributed by atoms with Gasteiger partial charge in [0.2, 0.25) is 0 Å². The van der Waals surface area contributed by atoms with Crippen LogP contribution in [0.25, 0.3) is 0 Å². The molecule has 6 nitrogen and oxygen atoms in total. The van der Waals surface area contributed by atoms with E-state index in [0.717, 1.165) is 19.6 Å². The Morgan fingerprint density at radius 1 is 1.29 bits per heavy atom. The summed E-state index contributed by atoms with van der Waals surface area (Å²) < 4.78 is 2.04. The number of fused-ring (bicyclic) bond motifs is 1. The number of carbonyl (C=O) groups is 1. The van der Waals surface area contributed by atoms with Gasteiger partial charge >= 0.3 is 6.03 Å². The van der Waals surface area contributed by atoms with E-state index < -0.39 is 0 Å². The molecule has 1 unspecified atom stereocenters. The second-order valence-electron chi connectivity index (χ2n) is 6.66. The van der Waals surface area contributed by atoms with Crippen LogP contribution in [0.15, 0.2) is 36.5 Å². The molecule has 1 atom stereocenters. The molecule has 24 heavy (non-hydrogen) atoms. The maximum atomic E-state index is 11.8. The minimum absolute atomic E-state index is 0.0700. The molecule has 0 spiro atoms. The number of carbonyl (C=O) groups excluding carboxylic acids is 1. The summed E-state index contributed by atoms with van der Waals surface area (Å²) >= 11 is 0. The Hall–Kier alpha value is -2.34. The Bertz CT molecular complexity index is 692. The highest BCUT2D eigenvalue weighted by Crippen LogP contribution is 2.21. The zero-order chi connectivity index (χ0) is 17.1. The highest BCUT2D eigenvalue weighted by Gasteiger charge is 2.26. The van der Waals surface area contributed by atoms with Gasteiger partial charge in [-0.05, 0) is 18.6 Å². The van der Waals surface area contributed by atoms with Crippen LogP contribution in [0.3, 0.4) is 0 Å². The lowest BCUT2D eigenvalue weighted by molar-refractivity contribution is 0.162. The van der Waals surface area contributed by atoms with E-state index in [0.29, 0.717) is 6.54 Å². The van der Waals surface area contributed by atoms with Crippen LogP contribution in [0, 0.1) is 6.92 Å². The summed E-state index contributed by atoms with van der Waals surface area (Å²) in [6, 6.07) is 10.8. The van der Waals surface area contributed by atoms with Crippen molar-refractivity contribution in [2.24, 2.45) is 0 Å². The molecule has 1 aromatic heterocycles. The Morgan fingerprint density at radius 3 is 2.75 bits per heavy atom. The second-order valence-corrected chi connectivity index (χ2v) is 6.66. The molecule has 0 aliphatic carbocycles. The van der Waals surface area contributed by atoms with Gasteiger partial charge in [0.25, 0.3) is 0 Å². The van der Waals surface area contributed by atoms with E-state index >= 15 is 0 Å². The first-order valence-corrected chi connectivity index (χ1v) is 8.28. The predicted octanol–water partition coefficient (Wildman–Crippen LogP) is 2.02. The summed E-state index contributed by atoms with van der Waals surface area (Å²) in [6.07, 6.45) is 1.84. The van der Waals surface area contributed by atoms with Gasteiger partial charge in [0.1, 0.15) is 0 Å². The quantitative estimate of drug-likeness (QED) is 0.935. The van der Waals surface area contributed by atoms with Gasteiger partial charge in [-0.25, -0.2) is 4.79 Å². The van der Waals surface area contributed by atoms with Crippen molar-refractivity contribution in [1.29, 1.82) is 0 Å². The lowest BCUT2D eigenvalue weighted by Gasteiger charge is -2.34. The molecule has 0 radical (unpaired) electrons. The molecular formula is C18H25N5O. The van der Waals surface area contributed by atoms with Crippen molar-refractivity contribution in [3.05, 3.63) is 53.3 Å². The Morgan fingerprint density at radius 2 is 2.04 bits per heavy atom. The van der Waals surface area contributed by atoms with E-state index in [4.69, 9.17) is 0 Å². The van der Waals surface area contributed by atoms with Crippen LogP contribution >= 0.6 is 0 Å². The molecule has 3 rings (SSSR count). The largest absolute Gasteiger partial charge is 0.336 e. The third-order valence-corrected chi connectivity index (χ3v) is 4.37. The maximum Gasteiger partial charge on any atom is 0.316 e. The van der Waals surface area contributed by atoms with Crippen LogP contribution in [0.4, 0.5) is 4.79 Å². The number of urea groups is 1. The molecule has 2 aromatic rings.